The zero-order valence-corrected chi connectivity index (χ0v) is 11.0. The molecule has 0 amide bonds. The van der Waals surface area contributed by atoms with Gasteiger partial charge in [-0.3, -0.25) is 0 Å². The fourth-order valence-corrected chi connectivity index (χ4v) is 3.79. The SMILES string of the molecule is C#CCC(C)NS(=O)(=O)c1ccc(CC)s1. The average molecular weight is 257 g/mol. The van der Waals surface area contributed by atoms with Crippen molar-refractivity contribution in [2.45, 2.75) is 36.9 Å². The van der Waals surface area contributed by atoms with Gasteiger partial charge in [0.2, 0.25) is 10.0 Å². The number of thiophene rings is 1. The van der Waals surface area contributed by atoms with Gasteiger partial charge in [-0.2, -0.15) is 0 Å². The van der Waals surface area contributed by atoms with Crippen molar-refractivity contribution in [2.75, 3.05) is 0 Å². The van der Waals surface area contributed by atoms with Gasteiger partial charge in [0.1, 0.15) is 4.21 Å². The molecule has 0 aliphatic heterocycles. The first-order valence-corrected chi connectivity index (χ1v) is 7.34. The molecule has 0 aliphatic rings. The van der Waals surface area contributed by atoms with Crippen LogP contribution in [0, 0.1) is 12.3 Å². The monoisotopic (exact) mass is 257 g/mol. The van der Waals surface area contributed by atoms with Crippen molar-refractivity contribution < 1.29 is 8.42 Å². The molecule has 1 atom stereocenters. The van der Waals surface area contributed by atoms with E-state index in [-0.39, 0.29) is 6.04 Å². The number of aryl methyl sites for hydroxylation is 1. The molecule has 0 bridgehead atoms. The second-order valence-electron chi connectivity index (χ2n) is 3.50. The predicted molar refractivity (Wildman–Crippen MR) is 66.9 cm³/mol. The van der Waals surface area contributed by atoms with Crippen molar-refractivity contribution in [1.82, 2.24) is 4.72 Å². The Morgan fingerprint density at radius 3 is 2.75 bits per heavy atom. The van der Waals surface area contributed by atoms with Crippen LogP contribution in [0.3, 0.4) is 0 Å². The van der Waals surface area contributed by atoms with Crippen LogP contribution in [0.25, 0.3) is 0 Å². The Morgan fingerprint density at radius 2 is 2.25 bits per heavy atom. The zero-order chi connectivity index (χ0) is 12.2. The third kappa shape index (κ3) is 3.34. The molecular weight excluding hydrogens is 242 g/mol. The molecule has 5 heteroatoms. The Balaban J connectivity index is 2.82. The summed E-state index contributed by atoms with van der Waals surface area (Å²) in [5.41, 5.74) is 0. The maximum atomic E-state index is 11.9. The smallest absolute Gasteiger partial charge is 0.207 e. The highest BCUT2D eigenvalue weighted by atomic mass is 32.2. The van der Waals surface area contributed by atoms with Crippen molar-refractivity contribution >= 4 is 21.4 Å². The summed E-state index contributed by atoms with van der Waals surface area (Å²) in [5, 5.41) is 0. The third-order valence-corrected chi connectivity index (χ3v) is 5.34. The summed E-state index contributed by atoms with van der Waals surface area (Å²) in [6.45, 7) is 3.75. The Bertz CT molecular complexity index is 482. The number of hydrogen-bond donors (Lipinski definition) is 1. The molecule has 0 saturated carbocycles. The van der Waals surface area contributed by atoms with Gasteiger partial charge in [-0.05, 0) is 25.5 Å². The Labute approximate surface area is 101 Å². The molecule has 1 heterocycles. The lowest BCUT2D eigenvalue weighted by Crippen LogP contribution is -2.31. The Kier molecular flexibility index (Phi) is 4.54. The van der Waals surface area contributed by atoms with E-state index < -0.39 is 10.0 Å². The van der Waals surface area contributed by atoms with Crippen LogP contribution in [-0.2, 0) is 16.4 Å². The quantitative estimate of drug-likeness (QED) is 0.820. The largest absolute Gasteiger partial charge is 0.250 e. The molecule has 1 unspecified atom stereocenters. The van der Waals surface area contributed by atoms with Crippen molar-refractivity contribution in [1.29, 1.82) is 0 Å². The number of nitrogens with one attached hydrogen (secondary N) is 1. The van der Waals surface area contributed by atoms with Crippen LogP contribution in [0.2, 0.25) is 0 Å². The van der Waals surface area contributed by atoms with Gasteiger partial charge < -0.3 is 0 Å². The number of hydrogen-bond acceptors (Lipinski definition) is 3. The first-order valence-electron chi connectivity index (χ1n) is 5.04. The second kappa shape index (κ2) is 5.48. The second-order valence-corrected chi connectivity index (χ2v) is 6.61. The fraction of sp³-hybridized carbons (Fsp3) is 0.455. The van der Waals surface area contributed by atoms with Gasteiger partial charge in [0.15, 0.2) is 0 Å². The first-order chi connectivity index (χ1) is 7.49. The highest BCUT2D eigenvalue weighted by Crippen LogP contribution is 2.22. The molecule has 16 heavy (non-hydrogen) atoms. The summed E-state index contributed by atoms with van der Waals surface area (Å²) in [7, 11) is -3.40. The van der Waals surface area contributed by atoms with E-state index in [0.29, 0.717) is 10.6 Å². The lowest BCUT2D eigenvalue weighted by Gasteiger charge is -2.09. The fourth-order valence-electron chi connectivity index (χ4n) is 1.23. The molecule has 0 spiro atoms. The first kappa shape index (κ1) is 13.2. The molecule has 0 saturated heterocycles. The molecule has 0 aromatic carbocycles. The van der Waals surface area contributed by atoms with Crippen LogP contribution in [0.5, 0.6) is 0 Å². The summed E-state index contributed by atoms with van der Waals surface area (Å²) >= 11 is 1.30. The maximum Gasteiger partial charge on any atom is 0.250 e. The van der Waals surface area contributed by atoms with E-state index in [4.69, 9.17) is 6.42 Å². The van der Waals surface area contributed by atoms with Gasteiger partial charge in [0.05, 0.1) is 0 Å². The van der Waals surface area contributed by atoms with E-state index in [2.05, 4.69) is 10.6 Å². The highest BCUT2D eigenvalue weighted by molar-refractivity contribution is 7.91. The van der Waals surface area contributed by atoms with Gasteiger partial charge >= 0.3 is 0 Å². The normalized spacial score (nSPS) is 13.3. The summed E-state index contributed by atoms with van der Waals surface area (Å²) in [4.78, 5) is 1.06. The van der Waals surface area contributed by atoms with E-state index in [0.717, 1.165) is 11.3 Å². The molecule has 1 aromatic rings. The van der Waals surface area contributed by atoms with E-state index in [9.17, 15) is 8.42 Å². The summed E-state index contributed by atoms with van der Waals surface area (Å²) in [6.07, 6.45) is 6.37. The minimum atomic E-state index is -3.40. The minimum Gasteiger partial charge on any atom is -0.207 e. The van der Waals surface area contributed by atoms with E-state index in [1.807, 2.05) is 13.0 Å². The van der Waals surface area contributed by atoms with Crippen LogP contribution < -0.4 is 4.72 Å². The number of rotatable bonds is 5. The number of sulfonamides is 1. The topological polar surface area (TPSA) is 46.2 Å². The Morgan fingerprint density at radius 1 is 1.56 bits per heavy atom. The van der Waals surface area contributed by atoms with Gasteiger partial charge in [-0.25, -0.2) is 13.1 Å². The van der Waals surface area contributed by atoms with Gasteiger partial charge in [-0.1, -0.05) is 6.92 Å². The van der Waals surface area contributed by atoms with Crippen molar-refractivity contribution in [3.63, 3.8) is 0 Å². The van der Waals surface area contributed by atoms with Crippen LogP contribution in [0.4, 0.5) is 0 Å². The van der Waals surface area contributed by atoms with Crippen molar-refractivity contribution in [3.05, 3.63) is 17.0 Å². The van der Waals surface area contributed by atoms with Gasteiger partial charge in [-0.15, -0.1) is 23.7 Å². The minimum absolute atomic E-state index is 0.234. The van der Waals surface area contributed by atoms with Crippen LogP contribution >= 0.6 is 11.3 Å². The molecule has 88 valence electrons. The predicted octanol–water partition coefficient (Wildman–Crippen LogP) is 2.00. The number of terminal acetylenes is 1. The standard InChI is InChI=1S/C11H15NO2S2/c1-4-6-9(3)12-16(13,14)11-8-7-10(5-2)15-11/h1,7-9,12H,5-6H2,2-3H3. The van der Waals surface area contributed by atoms with E-state index in [1.165, 1.54) is 11.3 Å². The maximum absolute atomic E-state index is 11.9. The summed E-state index contributed by atoms with van der Waals surface area (Å²) in [6, 6.07) is 3.24. The third-order valence-electron chi connectivity index (χ3n) is 2.03. The van der Waals surface area contributed by atoms with Gasteiger partial charge in [0, 0.05) is 17.3 Å². The molecule has 0 radical (unpaired) electrons. The summed E-state index contributed by atoms with van der Waals surface area (Å²) in [5.74, 6) is 2.43. The molecule has 1 N–H and O–H groups in total. The lowest BCUT2D eigenvalue weighted by atomic mass is 10.3. The molecule has 0 aliphatic carbocycles. The highest BCUT2D eigenvalue weighted by Gasteiger charge is 2.18. The zero-order valence-electron chi connectivity index (χ0n) is 9.36. The lowest BCUT2D eigenvalue weighted by molar-refractivity contribution is 0.565. The van der Waals surface area contributed by atoms with Gasteiger partial charge in [0.25, 0.3) is 0 Å². The van der Waals surface area contributed by atoms with Crippen LogP contribution in [-0.4, -0.2) is 14.5 Å². The molecule has 0 fully saturated rings. The molecule has 1 rings (SSSR count). The molecule has 3 nitrogen and oxygen atoms in total. The van der Waals surface area contributed by atoms with Crippen LogP contribution in [0.1, 0.15) is 25.1 Å². The van der Waals surface area contributed by atoms with Crippen molar-refractivity contribution in [3.8, 4) is 12.3 Å². The van der Waals surface area contributed by atoms with Crippen molar-refractivity contribution in [2.24, 2.45) is 0 Å². The van der Waals surface area contributed by atoms with E-state index >= 15 is 0 Å². The Hall–Kier alpha value is -0.830. The molecular formula is C11H15NO2S2. The average Bonchev–Trinajstić information content (AvgIpc) is 2.65. The van der Waals surface area contributed by atoms with E-state index in [1.54, 1.807) is 13.0 Å². The molecule has 1 aromatic heterocycles. The van der Waals surface area contributed by atoms with Crippen LogP contribution in [0.15, 0.2) is 16.3 Å². The summed E-state index contributed by atoms with van der Waals surface area (Å²) < 4.78 is 26.7.